The average Bonchev–Trinajstić information content (AvgIpc) is 2.40. The summed E-state index contributed by atoms with van der Waals surface area (Å²) < 4.78 is 19.9. The lowest BCUT2D eigenvalue weighted by Crippen LogP contribution is -2.48. The van der Waals surface area contributed by atoms with Gasteiger partial charge < -0.3 is 10.1 Å². The molecule has 0 radical (unpaired) electrons. The first-order valence-corrected chi connectivity index (χ1v) is 7.22. The van der Waals surface area contributed by atoms with Crippen LogP contribution < -0.4 is 10.1 Å². The fraction of sp³-hybridized carbons (Fsp3) is 0.625. The largest absolute Gasteiger partial charge is 0.496 e. The van der Waals surface area contributed by atoms with Crippen molar-refractivity contribution in [3.05, 3.63) is 29.6 Å². The van der Waals surface area contributed by atoms with Gasteiger partial charge in [-0.3, -0.25) is 4.90 Å². The molecule has 22 heavy (non-hydrogen) atoms. The molecule has 0 bridgehead atoms. The molecule has 0 spiro atoms. The van der Waals surface area contributed by atoms with Crippen molar-refractivity contribution < 1.29 is 9.13 Å². The molecule has 1 aromatic carbocycles. The number of ether oxygens (including phenoxy) is 1. The predicted molar refractivity (Wildman–Crippen MR) is 94.1 cm³/mol. The van der Waals surface area contributed by atoms with Crippen molar-refractivity contribution in [3.8, 4) is 5.75 Å². The molecular formula is C16H27Cl2FN2O. The predicted octanol–water partition coefficient (Wildman–Crippen LogP) is 3.67. The Morgan fingerprint density at radius 1 is 1.18 bits per heavy atom. The minimum atomic E-state index is -0.178. The molecule has 128 valence electrons. The van der Waals surface area contributed by atoms with Crippen LogP contribution in [-0.4, -0.2) is 38.2 Å². The van der Waals surface area contributed by atoms with Gasteiger partial charge in [0.05, 0.1) is 7.11 Å². The fourth-order valence-electron chi connectivity index (χ4n) is 3.06. The highest BCUT2D eigenvalue weighted by atomic mass is 35.5. The van der Waals surface area contributed by atoms with Crippen LogP contribution in [0.25, 0.3) is 0 Å². The first-order chi connectivity index (χ1) is 9.45. The van der Waals surface area contributed by atoms with Crippen LogP contribution >= 0.6 is 24.8 Å². The van der Waals surface area contributed by atoms with Crippen LogP contribution in [0.2, 0.25) is 0 Å². The molecule has 2 rings (SSSR count). The molecule has 3 nitrogen and oxygen atoms in total. The maximum absolute atomic E-state index is 14.5. The smallest absolute Gasteiger partial charge is 0.131 e. The van der Waals surface area contributed by atoms with Crippen LogP contribution in [0.4, 0.5) is 4.39 Å². The van der Waals surface area contributed by atoms with Crippen LogP contribution in [0.5, 0.6) is 5.75 Å². The Bertz CT molecular complexity index is 460. The maximum Gasteiger partial charge on any atom is 0.131 e. The molecular weight excluding hydrogens is 326 g/mol. The van der Waals surface area contributed by atoms with Crippen molar-refractivity contribution in [3.63, 3.8) is 0 Å². The monoisotopic (exact) mass is 352 g/mol. The van der Waals surface area contributed by atoms with Gasteiger partial charge in [-0.05, 0) is 17.5 Å². The lowest BCUT2D eigenvalue weighted by atomic mass is 9.80. The van der Waals surface area contributed by atoms with Gasteiger partial charge in [-0.15, -0.1) is 24.8 Å². The van der Waals surface area contributed by atoms with E-state index in [0.717, 1.165) is 26.2 Å². The average molecular weight is 353 g/mol. The summed E-state index contributed by atoms with van der Waals surface area (Å²) in [5.74, 6) is 0.464. The van der Waals surface area contributed by atoms with Crippen molar-refractivity contribution in [1.82, 2.24) is 10.2 Å². The van der Waals surface area contributed by atoms with Gasteiger partial charge in [-0.2, -0.15) is 0 Å². The van der Waals surface area contributed by atoms with Gasteiger partial charge in [-0.25, -0.2) is 4.39 Å². The third-order valence-corrected chi connectivity index (χ3v) is 3.84. The van der Waals surface area contributed by atoms with E-state index in [0.29, 0.717) is 11.3 Å². The quantitative estimate of drug-likeness (QED) is 0.897. The third-order valence-electron chi connectivity index (χ3n) is 3.84. The molecule has 1 aliphatic rings. The van der Waals surface area contributed by atoms with E-state index < -0.39 is 0 Å². The number of benzene rings is 1. The molecule has 1 heterocycles. The summed E-state index contributed by atoms with van der Waals surface area (Å²) >= 11 is 0. The van der Waals surface area contributed by atoms with E-state index in [1.807, 2.05) is 6.07 Å². The number of hydrogen-bond donors (Lipinski definition) is 1. The lowest BCUT2D eigenvalue weighted by Gasteiger charge is -2.43. The summed E-state index contributed by atoms with van der Waals surface area (Å²) in [6.07, 6.45) is 0. The van der Waals surface area contributed by atoms with Crippen molar-refractivity contribution in [2.75, 3.05) is 33.3 Å². The maximum atomic E-state index is 14.5. The summed E-state index contributed by atoms with van der Waals surface area (Å²) in [5.41, 5.74) is 0.622. The van der Waals surface area contributed by atoms with Crippen LogP contribution in [0.3, 0.4) is 0 Å². The summed E-state index contributed by atoms with van der Waals surface area (Å²) in [5, 5.41) is 3.35. The van der Waals surface area contributed by atoms with E-state index in [-0.39, 0.29) is 42.1 Å². The summed E-state index contributed by atoms with van der Waals surface area (Å²) in [7, 11) is 1.61. The molecule has 1 aliphatic heterocycles. The Balaban J connectivity index is 0.00000220. The number of methoxy groups -OCH3 is 1. The van der Waals surface area contributed by atoms with Gasteiger partial charge in [0.15, 0.2) is 0 Å². The first kappa shape index (κ1) is 21.4. The zero-order valence-corrected chi connectivity index (χ0v) is 15.3. The lowest BCUT2D eigenvalue weighted by molar-refractivity contribution is 0.0812. The fourth-order valence-corrected chi connectivity index (χ4v) is 3.06. The molecule has 1 aromatic rings. The minimum absolute atomic E-state index is 0. The Kier molecular flexibility index (Phi) is 8.70. The number of rotatable bonds is 3. The summed E-state index contributed by atoms with van der Waals surface area (Å²) in [6.45, 7) is 10.2. The van der Waals surface area contributed by atoms with Crippen LogP contribution in [-0.2, 0) is 0 Å². The highest BCUT2D eigenvalue weighted by Gasteiger charge is 2.36. The Morgan fingerprint density at radius 2 is 1.77 bits per heavy atom. The molecule has 0 saturated carbocycles. The highest BCUT2D eigenvalue weighted by molar-refractivity contribution is 5.85. The number of hydrogen-bond acceptors (Lipinski definition) is 3. The van der Waals surface area contributed by atoms with Gasteiger partial charge in [0.25, 0.3) is 0 Å². The second kappa shape index (κ2) is 8.92. The standard InChI is InChI=1S/C16H25FN2O.2ClH/c1-16(2,3)15(19-10-8-18-9-11-19)14-12(17)6-5-7-13(14)20-4;;/h5-7,15,18H,8-11H2,1-4H3;2*1H/t15-;;/m0../s1. The van der Waals surface area contributed by atoms with Gasteiger partial charge in [-0.1, -0.05) is 26.8 Å². The molecule has 6 heteroatoms. The Morgan fingerprint density at radius 3 is 2.27 bits per heavy atom. The van der Waals surface area contributed by atoms with Crippen molar-refractivity contribution in [2.24, 2.45) is 5.41 Å². The first-order valence-electron chi connectivity index (χ1n) is 7.22. The van der Waals surface area contributed by atoms with E-state index >= 15 is 0 Å². The van der Waals surface area contributed by atoms with Gasteiger partial charge in [0, 0.05) is 37.8 Å². The summed E-state index contributed by atoms with van der Waals surface area (Å²) in [6, 6.07) is 5.09. The SMILES string of the molecule is COc1cccc(F)c1[C@H](N1CCNCC1)C(C)(C)C.Cl.Cl. The number of nitrogens with zero attached hydrogens (tertiary/aromatic N) is 1. The van der Waals surface area contributed by atoms with E-state index in [4.69, 9.17) is 4.74 Å². The van der Waals surface area contributed by atoms with Crippen molar-refractivity contribution in [1.29, 1.82) is 0 Å². The van der Waals surface area contributed by atoms with Gasteiger partial charge in [0.1, 0.15) is 11.6 Å². The van der Waals surface area contributed by atoms with Crippen LogP contribution in [0, 0.1) is 11.2 Å². The molecule has 1 atom stereocenters. The van der Waals surface area contributed by atoms with Gasteiger partial charge >= 0.3 is 0 Å². The van der Waals surface area contributed by atoms with E-state index in [2.05, 4.69) is 31.0 Å². The molecule has 1 saturated heterocycles. The molecule has 1 fully saturated rings. The van der Waals surface area contributed by atoms with Gasteiger partial charge in [0.2, 0.25) is 0 Å². The molecule has 0 unspecified atom stereocenters. The second-order valence-corrected chi connectivity index (χ2v) is 6.41. The van der Waals surface area contributed by atoms with Crippen LogP contribution in [0.1, 0.15) is 32.4 Å². The zero-order chi connectivity index (χ0) is 14.8. The Labute approximate surface area is 145 Å². The summed E-state index contributed by atoms with van der Waals surface area (Å²) in [4.78, 5) is 2.36. The number of nitrogens with one attached hydrogen (secondary N) is 1. The molecule has 0 aromatic heterocycles. The number of halogens is 3. The van der Waals surface area contributed by atoms with Crippen molar-refractivity contribution in [2.45, 2.75) is 26.8 Å². The Hall–Kier alpha value is -0.550. The van der Waals surface area contributed by atoms with E-state index in [1.54, 1.807) is 13.2 Å². The van der Waals surface area contributed by atoms with Crippen molar-refractivity contribution >= 4 is 24.8 Å². The van der Waals surface area contributed by atoms with E-state index in [9.17, 15) is 4.39 Å². The third kappa shape index (κ3) is 4.72. The topological polar surface area (TPSA) is 24.5 Å². The zero-order valence-electron chi connectivity index (χ0n) is 13.7. The number of piperazine rings is 1. The molecule has 0 amide bonds. The minimum Gasteiger partial charge on any atom is -0.496 e. The van der Waals surface area contributed by atoms with Crippen LogP contribution in [0.15, 0.2) is 18.2 Å². The molecule has 0 aliphatic carbocycles. The normalized spacial score (nSPS) is 17.1. The second-order valence-electron chi connectivity index (χ2n) is 6.41. The highest BCUT2D eigenvalue weighted by Crippen LogP contribution is 2.43. The molecule has 1 N–H and O–H groups in total. The van der Waals surface area contributed by atoms with E-state index in [1.165, 1.54) is 6.07 Å².